The molecule has 200 valence electrons. The number of ether oxygens (including phenoxy) is 2. The molecule has 8 heteroatoms. The van der Waals surface area contributed by atoms with Crippen LogP contribution in [0.15, 0.2) is 78.9 Å². The van der Waals surface area contributed by atoms with Crippen LogP contribution in [0, 0.1) is 13.8 Å². The monoisotopic (exact) mass is 542 g/mol. The number of thiophene rings is 1. The number of carbonyl (C=O) groups is 3. The number of carbonyl (C=O) groups excluding carboxylic acids is 3. The van der Waals surface area contributed by atoms with E-state index in [9.17, 15) is 14.4 Å². The van der Waals surface area contributed by atoms with Crippen molar-refractivity contribution in [1.82, 2.24) is 0 Å². The fraction of sp³-hybridized carbons (Fsp3) is 0.194. The molecule has 2 amide bonds. The van der Waals surface area contributed by atoms with E-state index in [0.29, 0.717) is 27.6 Å². The molecule has 7 nitrogen and oxygen atoms in total. The van der Waals surface area contributed by atoms with Crippen LogP contribution in [0.2, 0.25) is 0 Å². The number of esters is 1. The van der Waals surface area contributed by atoms with Crippen molar-refractivity contribution in [2.75, 3.05) is 17.2 Å². The van der Waals surface area contributed by atoms with Crippen molar-refractivity contribution in [2.24, 2.45) is 0 Å². The molecule has 4 aromatic rings. The Morgan fingerprint density at radius 1 is 0.872 bits per heavy atom. The highest BCUT2D eigenvalue weighted by Crippen LogP contribution is 2.40. The van der Waals surface area contributed by atoms with Crippen LogP contribution in [0.5, 0.6) is 5.75 Å². The molecule has 0 aliphatic rings. The third-order valence-electron chi connectivity index (χ3n) is 5.97. The average molecular weight is 543 g/mol. The van der Waals surface area contributed by atoms with Gasteiger partial charge in [-0.25, -0.2) is 4.79 Å². The Hall–Kier alpha value is -4.43. The van der Waals surface area contributed by atoms with Gasteiger partial charge in [0.1, 0.15) is 16.3 Å². The van der Waals surface area contributed by atoms with Crippen molar-refractivity contribution < 1.29 is 23.9 Å². The van der Waals surface area contributed by atoms with E-state index in [-0.39, 0.29) is 18.4 Å². The molecule has 0 radical (unpaired) electrons. The number of rotatable bonds is 9. The Morgan fingerprint density at radius 2 is 1.54 bits per heavy atom. The molecule has 0 bridgehead atoms. The molecule has 0 aliphatic carbocycles. The number of benzene rings is 3. The van der Waals surface area contributed by atoms with E-state index in [4.69, 9.17) is 9.47 Å². The fourth-order valence-corrected chi connectivity index (χ4v) is 5.04. The van der Waals surface area contributed by atoms with Crippen LogP contribution in [-0.2, 0) is 9.53 Å². The summed E-state index contributed by atoms with van der Waals surface area (Å²) >= 11 is 1.33. The van der Waals surface area contributed by atoms with Gasteiger partial charge in [-0.1, -0.05) is 48.0 Å². The molecule has 1 atom stereocenters. The van der Waals surface area contributed by atoms with E-state index in [1.165, 1.54) is 11.3 Å². The number of hydrogen-bond acceptors (Lipinski definition) is 6. The molecule has 0 saturated carbocycles. The SMILES string of the molecule is CCOC(=O)c1c(NC(=O)c2ccc(OC(C)C(=O)Nc3ccc(C)cc3)cc2)sc(C)c1-c1ccccc1. The van der Waals surface area contributed by atoms with Crippen LogP contribution in [0.3, 0.4) is 0 Å². The Bertz CT molecular complexity index is 1460. The molecule has 1 unspecified atom stereocenters. The number of nitrogens with one attached hydrogen (secondary N) is 2. The summed E-state index contributed by atoms with van der Waals surface area (Å²) in [6, 6.07) is 23.5. The minimum absolute atomic E-state index is 0.221. The predicted molar refractivity (Wildman–Crippen MR) is 155 cm³/mol. The molecule has 1 aromatic heterocycles. The van der Waals surface area contributed by atoms with E-state index in [2.05, 4.69) is 10.6 Å². The van der Waals surface area contributed by atoms with Crippen molar-refractivity contribution in [3.05, 3.63) is 100 Å². The van der Waals surface area contributed by atoms with Crippen LogP contribution in [-0.4, -0.2) is 30.5 Å². The lowest BCUT2D eigenvalue weighted by Gasteiger charge is -2.15. The second kappa shape index (κ2) is 12.4. The lowest BCUT2D eigenvalue weighted by atomic mass is 10.0. The topological polar surface area (TPSA) is 93.7 Å². The summed E-state index contributed by atoms with van der Waals surface area (Å²) in [7, 11) is 0. The van der Waals surface area contributed by atoms with Gasteiger partial charge >= 0.3 is 5.97 Å². The molecular formula is C31H30N2O5S. The molecule has 3 aromatic carbocycles. The van der Waals surface area contributed by atoms with Gasteiger partial charge in [-0.3, -0.25) is 9.59 Å². The summed E-state index contributed by atoms with van der Waals surface area (Å²) in [4.78, 5) is 39.4. The largest absolute Gasteiger partial charge is 0.481 e. The summed E-state index contributed by atoms with van der Waals surface area (Å²) in [5.41, 5.74) is 4.13. The molecule has 4 rings (SSSR count). The first-order valence-electron chi connectivity index (χ1n) is 12.6. The summed E-state index contributed by atoms with van der Waals surface area (Å²) in [5, 5.41) is 6.13. The zero-order valence-corrected chi connectivity index (χ0v) is 23.1. The predicted octanol–water partition coefficient (Wildman–Crippen LogP) is 6.87. The maximum absolute atomic E-state index is 13.1. The molecule has 0 fully saturated rings. The first kappa shape index (κ1) is 27.6. The second-order valence-corrected chi connectivity index (χ2v) is 10.1. The van der Waals surface area contributed by atoms with Crippen LogP contribution in [0.4, 0.5) is 10.7 Å². The van der Waals surface area contributed by atoms with Crippen molar-refractivity contribution in [3.63, 3.8) is 0 Å². The normalized spacial score (nSPS) is 11.4. The lowest BCUT2D eigenvalue weighted by Crippen LogP contribution is -2.30. The number of hydrogen-bond donors (Lipinski definition) is 2. The maximum Gasteiger partial charge on any atom is 0.341 e. The summed E-state index contributed by atoms with van der Waals surface area (Å²) in [6.45, 7) is 7.51. The van der Waals surface area contributed by atoms with E-state index in [1.54, 1.807) is 38.1 Å². The molecule has 2 N–H and O–H groups in total. The van der Waals surface area contributed by atoms with E-state index >= 15 is 0 Å². The molecule has 0 spiro atoms. The van der Waals surface area contributed by atoms with Gasteiger partial charge in [0, 0.05) is 21.7 Å². The van der Waals surface area contributed by atoms with Gasteiger partial charge in [0.25, 0.3) is 11.8 Å². The zero-order valence-electron chi connectivity index (χ0n) is 22.2. The molecule has 1 heterocycles. The van der Waals surface area contributed by atoms with Gasteiger partial charge < -0.3 is 20.1 Å². The zero-order chi connectivity index (χ0) is 27.9. The smallest absolute Gasteiger partial charge is 0.341 e. The highest BCUT2D eigenvalue weighted by Gasteiger charge is 2.26. The molecule has 0 saturated heterocycles. The Labute approximate surface area is 231 Å². The summed E-state index contributed by atoms with van der Waals surface area (Å²) < 4.78 is 11.1. The van der Waals surface area contributed by atoms with Crippen LogP contribution in [0.1, 0.15) is 45.0 Å². The minimum atomic E-state index is -0.747. The quantitative estimate of drug-likeness (QED) is 0.225. The van der Waals surface area contributed by atoms with Crippen LogP contribution < -0.4 is 15.4 Å². The highest BCUT2D eigenvalue weighted by molar-refractivity contribution is 7.17. The first-order valence-corrected chi connectivity index (χ1v) is 13.4. The maximum atomic E-state index is 13.1. The molecular weight excluding hydrogens is 512 g/mol. The lowest BCUT2D eigenvalue weighted by molar-refractivity contribution is -0.122. The number of aryl methyl sites for hydroxylation is 2. The van der Waals surface area contributed by atoms with Crippen molar-refractivity contribution in [2.45, 2.75) is 33.8 Å². The van der Waals surface area contributed by atoms with E-state index < -0.39 is 12.1 Å². The van der Waals surface area contributed by atoms with Gasteiger partial charge in [-0.2, -0.15) is 0 Å². The van der Waals surface area contributed by atoms with Gasteiger partial charge in [-0.15, -0.1) is 11.3 Å². The average Bonchev–Trinajstić information content (AvgIpc) is 3.26. The Kier molecular flexibility index (Phi) is 8.78. The van der Waals surface area contributed by atoms with Crippen molar-refractivity contribution in [1.29, 1.82) is 0 Å². The van der Waals surface area contributed by atoms with E-state index in [0.717, 1.165) is 21.6 Å². The van der Waals surface area contributed by atoms with Crippen LogP contribution >= 0.6 is 11.3 Å². The van der Waals surface area contributed by atoms with Gasteiger partial charge in [0.15, 0.2) is 6.10 Å². The van der Waals surface area contributed by atoms with Crippen molar-refractivity contribution >= 4 is 39.8 Å². The Balaban J connectivity index is 1.47. The highest BCUT2D eigenvalue weighted by atomic mass is 32.1. The third kappa shape index (κ3) is 6.72. The first-order chi connectivity index (χ1) is 18.8. The third-order valence-corrected chi connectivity index (χ3v) is 6.99. The summed E-state index contributed by atoms with van der Waals surface area (Å²) in [5.74, 6) is -0.700. The Morgan fingerprint density at radius 3 is 2.18 bits per heavy atom. The molecule has 39 heavy (non-hydrogen) atoms. The number of amides is 2. The standard InChI is InChI=1S/C31H30N2O5S/c1-5-37-31(36)27-26(22-9-7-6-8-10-22)21(4)39-30(27)33-29(35)23-13-17-25(18-14-23)38-20(3)28(34)32-24-15-11-19(2)12-16-24/h6-18,20H,5H2,1-4H3,(H,32,34)(H,33,35). The van der Waals surface area contributed by atoms with Crippen LogP contribution in [0.25, 0.3) is 11.1 Å². The number of anilines is 2. The minimum Gasteiger partial charge on any atom is -0.481 e. The van der Waals surface area contributed by atoms with Gasteiger partial charge in [0.05, 0.1) is 6.61 Å². The van der Waals surface area contributed by atoms with Crippen molar-refractivity contribution in [3.8, 4) is 16.9 Å². The van der Waals surface area contributed by atoms with Gasteiger partial charge in [0.2, 0.25) is 0 Å². The van der Waals surface area contributed by atoms with Gasteiger partial charge in [-0.05, 0) is 69.7 Å². The summed E-state index contributed by atoms with van der Waals surface area (Å²) in [6.07, 6.45) is -0.747. The molecule has 0 aliphatic heterocycles. The fourth-order valence-electron chi connectivity index (χ4n) is 3.98. The second-order valence-electron chi connectivity index (χ2n) is 8.92. The van der Waals surface area contributed by atoms with E-state index in [1.807, 2.05) is 68.4 Å².